The molecule has 18 heavy (non-hydrogen) atoms. The maximum atomic E-state index is 12.5. The van der Waals surface area contributed by atoms with Gasteiger partial charge in [-0.25, -0.2) is 0 Å². The van der Waals surface area contributed by atoms with Gasteiger partial charge in [0.2, 0.25) is 0 Å². The molecule has 1 fully saturated rings. The van der Waals surface area contributed by atoms with Crippen LogP contribution in [0.1, 0.15) is 29.7 Å². The van der Waals surface area contributed by atoms with Crippen molar-refractivity contribution >= 4 is 33.8 Å². The van der Waals surface area contributed by atoms with Crippen LogP contribution in [0.3, 0.4) is 0 Å². The van der Waals surface area contributed by atoms with Crippen LogP contribution >= 0.6 is 23.6 Å². The molecule has 5 heteroatoms. The Morgan fingerprint density at radius 1 is 1.44 bits per heavy atom. The molecule has 0 amide bonds. The molecule has 0 unspecified atom stereocenters. The quantitative estimate of drug-likeness (QED) is 0.873. The highest BCUT2D eigenvalue weighted by Crippen LogP contribution is 2.32. The molecular weight excluding hydrogens is 264 g/mol. The molecule has 2 aromatic rings. The molecule has 0 aliphatic heterocycles. The molecule has 96 valence electrons. The molecule has 1 N–H and O–H groups in total. The van der Waals surface area contributed by atoms with E-state index < -0.39 is 0 Å². The molecular formula is C13H16N2OS2. The van der Waals surface area contributed by atoms with Gasteiger partial charge in [-0.2, -0.15) is 0 Å². The second kappa shape index (κ2) is 4.31. The van der Waals surface area contributed by atoms with Crippen molar-refractivity contribution < 1.29 is 0 Å². The molecule has 3 rings (SSSR count). The number of hydrogen-bond donors (Lipinski definition) is 1. The van der Waals surface area contributed by atoms with Crippen LogP contribution in [0.4, 0.5) is 0 Å². The summed E-state index contributed by atoms with van der Waals surface area (Å²) in [7, 11) is 0. The number of aromatic nitrogens is 2. The van der Waals surface area contributed by atoms with Crippen LogP contribution in [0.15, 0.2) is 4.79 Å². The summed E-state index contributed by atoms with van der Waals surface area (Å²) in [6.07, 6.45) is 3.69. The fraction of sp³-hybridized carbons (Fsp3) is 0.538. The number of aryl methyl sites for hydroxylation is 2. The zero-order valence-electron chi connectivity index (χ0n) is 10.6. The van der Waals surface area contributed by atoms with Crippen molar-refractivity contribution in [1.29, 1.82) is 0 Å². The standard InChI is InChI=1S/C13H16N2OS2/c1-7-8(2)18-11-10(7)12(16)15(13(17)14-11)6-5-9-3-4-9/h9H,3-6H2,1-2H3,(H,14,17). The van der Waals surface area contributed by atoms with Crippen molar-refractivity contribution in [1.82, 2.24) is 9.55 Å². The van der Waals surface area contributed by atoms with Gasteiger partial charge in [0, 0.05) is 11.4 Å². The number of aromatic amines is 1. The van der Waals surface area contributed by atoms with E-state index in [1.54, 1.807) is 15.9 Å². The van der Waals surface area contributed by atoms with E-state index >= 15 is 0 Å². The Morgan fingerprint density at radius 3 is 2.83 bits per heavy atom. The van der Waals surface area contributed by atoms with E-state index in [1.807, 2.05) is 13.8 Å². The van der Waals surface area contributed by atoms with Crippen LogP contribution in [0.5, 0.6) is 0 Å². The van der Waals surface area contributed by atoms with Crippen LogP contribution < -0.4 is 5.56 Å². The number of H-pyrrole nitrogens is 1. The third kappa shape index (κ3) is 1.95. The minimum atomic E-state index is 0.0799. The molecule has 0 radical (unpaired) electrons. The highest BCUT2D eigenvalue weighted by Gasteiger charge is 2.21. The topological polar surface area (TPSA) is 37.8 Å². The maximum absolute atomic E-state index is 12.5. The summed E-state index contributed by atoms with van der Waals surface area (Å²) < 4.78 is 2.30. The third-order valence-corrected chi connectivity index (χ3v) is 5.21. The number of fused-ring (bicyclic) bond motifs is 1. The first kappa shape index (κ1) is 12.1. The highest BCUT2D eigenvalue weighted by molar-refractivity contribution is 7.71. The lowest BCUT2D eigenvalue weighted by molar-refractivity contribution is 0.572. The van der Waals surface area contributed by atoms with Gasteiger partial charge in [-0.05, 0) is 44.0 Å². The van der Waals surface area contributed by atoms with Gasteiger partial charge in [0.25, 0.3) is 5.56 Å². The van der Waals surface area contributed by atoms with Crippen molar-refractivity contribution in [3.63, 3.8) is 0 Å². The van der Waals surface area contributed by atoms with Crippen molar-refractivity contribution in [2.45, 2.75) is 39.7 Å². The zero-order chi connectivity index (χ0) is 12.9. The molecule has 2 aromatic heterocycles. The Balaban J connectivity index is 2.15. The Bertz CT molecular complexity index is 719. The molecule has 0 saturated heterocycles. The van der Waals surface area contributed by atoms with Gasteiger partial charge in [0.05, 0.1) is 5.39 Å². The summed E-state index contributed by atoms with van der Waals surface area (Å²) in [6, 6.07) is 0. The summed E-state index contributed by atoms with van der Waals surface area (Å²) in [5.41, 5.74) is 1.17. The lowest BCUT2D eigenvalue weighted by Gasteiger charge is -2.05. The summed E-state index contributed by atoms with van der Waals surface area (Å²) in [4.78, 5) is 17.8. The van der Waals surface area contributed by atoms with E-state index in [0.29, 0.717) is 4.77 Å². The Labute approximate surface area is 114 Å². The van der Waals surface area contributed by atoms with Crippen LogP contribution in [-0.2, 0) is 6.54 Å². The van der Waals surface area contributed by atoms with Gasteiger partial charge in [-0.15, -0.1) is 11.3 Å². The van der Waals surface area contributed by atoms with E-state index in [1.165, 1.54) is 17.7 Å². The minimum absolute atomic E-state index is 0.0799. The first-order valence-corrected chi connectivity index (χ1v) is 7.53. The second-order valence-corrected chi connectivity index (χ2v) is 6.72. The summed E-state index contributed by atoms with van der Waals surface area (Å²) in [5, 5.41) is 0.821. The maximum Gasteiger partial charge on any atom is 0.263 e. The van der Waals surface area contributed by atoms with E-state index in [4.69, 9.17) is 12.2 Å². The molecule has 2 heterocycles. The largest absolute Gasteiger partial charge is 0.323 e. The average Bonchev–Trinajstić information content (AvgIpc) is 3.07. The van der Waals surface area contributed by atoms with E-state index in [9.17, 15) is 4.79 Å². The Morgan fingerprint density at radius 2 is 2.17 bits per heavy atom. The normalized spacial score (nSPS) is 15.4. The van der Waals surface area contributed by atoms with Crippen LogP contribution in [0, 0.1) is 24.5 Å². The SMILES string of the molecule is Cc1sc2[nH]c(=S)n(CCC3CC3)c(=O)c2c1C. The van der Waals surface area contributed by atoms with Crippen LogP contribution in [0.25, 0.3) is 10.2 Å². The Kier molecular flexibility index (Phi) is 2.90. The lowest BCUT2D eigenvalue weighted by Crippen LogP contribution is -2.22. The van der Waals surface area contributed by atoms with Crippen molar-refractivity contribution in [2.24, 2.45) is 5.92 Å². The molecule has 1 aliphatic rings. The molecule has 1 aliphatic carbocycles. The number of nitrogens with one attached hydrogen (secondary N) is 1. The fourth-order valence-corrected chi connectivity index (χ4v) is 3.68. The Hall–Kier alpha value is -0.940. The van der Waals surface area contributed by atoms with Gasteiger partial charge in [0.1, 0.15) is 4.83 Å². The molecule has 0 aromatic carbocycles. The molecule has 0 spiro atoms. The van der Waals surface area contributed by atoms with E-state index in [0.717, 1.165) is 34.7 Å². The predicted molar refractivity (Wildman–Crippen MR) is 78.1 cm³/mol. The van der Waals surface area contributed by atoms with Gasteiger partial charge < -0.3 is 4.98 Å². The van der Waals surface area contributed by atoms with E-state index in [2.05, 4.69) is 4.98 Å². The van der Waals surface area contributed by atoms with E-state index in [-0.39, 0.29) is 5.56 Å². The average molecular weight is 280 g/mol. The van der Waals surface area contributed by atoms with Crippen LogP contribution in [-0.4, -0.2) is 9.55 Å². The molecule has 1 saturated carbocycles. The summed E-state index contributed by atoms with van der Waals surface area (Å²) in [6.45, 7) is 4.81. The van der Waals surface area contributed by atoms with Gasteiger partial charge >= 0.3 is 0 Å². The first-order valence-electron chi connectivity index (χ1n) is 6.30. The van der Waals surface area contributed by atoms with Gasteiger partial charge in [0.15, 0.2) is 4.77 Å². The zero-order valence-corrected chi connectivity index (χ0v) is 12.2. The minimum Gasteiger partial charge on any atom is -0.323 e. The third-order valence-electron chi connectivity index (χ3n) is 3.77. The smallest absolute Gasteiger partial charge is 0.263 e. The summed E-state index contributed by atoms with van der Waals surface area (Å²) in [5.74, 6) is 0.812. The number of nitrogens with zero attached hydrogens (tertiary/aromatic N) is 1. The number of rotatable bonds is 3. The second-order valence-electron chi connectivity index (χ2n) is 5.11. The van der Waals surface area contributed by atoms with Crippen molar-refractivity contribution in [2.75, 3.05) is 0 Å². The first-order chi connectivity index (χ1) is 8.58. The van der Waals surface area contributed by atoms with Crippen molar-refractivity contribution in [3.8, 4) is 0 Å². The summed E-state index contributed by atoms with van der Waals surface area (Å²) >= 11 is 6.92. The monoisotopic (exact) mass is 280 g/mol. The lowest BCUT2D eigenvalue weighted by atomic mass is 10.2. The fourth-order valence-electron chi connectivity index (χ4n) is 2.29. The van der Waals surface area contributed by atoms with Gasteiger partial charge in [-0.1, -0.05) is 12.8 Å². The molecule has 0 atom stereocenters. The van der Waals surface area contributed by atoms with Gasteiger partial charge in [-0.3, -0.25) is 9.36 Å². The van der Waals surface area contributed by atoms with Crippen LogP contribution in [0.2, 0.25) is 0 Å². The predicted octanol–water partition coefficient (Wildman–Crippen LogP) is 3.54. The highest BCUT2D eigenvalue weighted by atomic mass is 32.1. The number of hydrogen-bond acceptors (Lipinski definition) is 3. The molecule has 3 nitrogen and oxygen atoms in total. The number of thiophene rings is 1. The molecule has 0 bridgehead atoms. The van der Waals surface area contributed by atoms with Crippen molar-refractivity contribution in [3.05, 3.63) is 25.6 Å².